The largest absolute Gasteiger partial charge is 0.488 e. The van der Waals surface area contributed by atoms with Crippen LogP contribution in [0.15, 0.2) is 280 Å². The highest BCUT2D eigenvalue weighted by molar-refractivity contribution is 8.13. The molecule has 37 heteroatoms. The van der Waals surface area contributed by atoms with Crippen molar-refractivity contribution in [3.63, 3.8) is 0 Å². The van der Waals surface area contributed by atoms with Crippen molar-refractivity contribution < 1.29 is 61.4 Å². The highest BCUT2D eigenvalue weighted by atomic mass is 35.7. The van der Waals surface area contributed by atoms with E-state index >= 15 is 0 Å². The minimum atomic E-state index is -3.89. The molecule has 0 spiro atoms. The lowest BCUT2D eigenvalue weighted by Crippen LogP contribution is -2.12. The summed E-state index contributed by atoms with van der Waals surface area (Å²) in [4.78, 5) is 35.4. The van der Waals surface area contributed by atoms with Crippen LogP contribution in [0, 0.1) is 20.2 Å². The van der Waals surface area contributed by atoms with Crippen molar-refractivity contribution in [1.82, 2.24) is 26.1 Å². The van der Waals surface area contributed by atoms with Crippen molar-refractivity contribution in [2.75, 3.05) is 16.8 Å². The number of nitrogens with zero attached hydrogens (tertiary/aromatic N) is 6. The van der Waals surface area contributed by atoms with Crippen LogP contribution in [0.3, 0.4) is 0 Å². The van der Waals surface area contributed by atoms with E-state index < -0.39 is 59.0 Å². The summed E-state index contributed by atoms with van der Waals surface area (Å²) in [5, 5.41) is 43.7. The van der Waals surface area contributed by atoms with Gasteiger partial charge in [0.2, 0.25) is 40.1 Å². The van der Waals surface area contributed by atoms with Crippen LogP contribution >= 0.6 is 22.3 Å². The molecule has 30 nitrogen and oxygen atoms in total. The molecule has 2 aromatic heterocycles. The number of primary sulfonamides is 4. The molecule has 0 atom stereocenters. The lowest BCUT2D eigenvalue weighted by atomic mass is 10.1. The van der Waals surface area contributed by atoms with Crippen LogP contribution in [0.25, 0.3) is 22.5 Å². The minimum Gasteiger partial charge on any atom is -0.488 e. The molecular weight excluding hydrogens is 1460 g/mol. The quantitative estimate of drug-likeness (QED) is 0.0138. The summed E-state index contributed by atoms with van der Waals surface area (Å²) in [5.74, 6) is 1.98. The number of aromatic nitrogens is 4. The molecule has 536 valence electrons. The number of hydrogen-bond acceptors (Lipinski definition) is 24. The summed E-state index contributed by atoms with van der Waals surface area (Å²) < 4.78 is 121. The van der Waals surface area contributed by atoms with E-state index in [-0.39, 0.29) is 49.4 Å². The van der Waals surface area contributed by atoms with Gasteiger partial charge in [-0.15, -0.1) is 0 Å². The number of nitrogen functional groups attached to an aromatic ring is 2. The first-order valence-corrected chi connectivity index (χ1v) is 37.0. The van der Waals surface area contributed by atoms with Crippen LogP contribution in [0.1, 0.15) is 18.6 Å². The molecule has 0 unspecified atom stereocenters. The molecule has 0 amide bonds. The van der Waals surface area contributed by atoms with Gasteiger partial charge in [-0.1, -0.05) is 134 Å². The molecule has 0 aliphatic carbocycles. The Kier molecular flexibility index (Phi) is 31.6. The van der Waals surface area contributed by atoms with Crippen LogP contribution in [-0.2, 0) is 62.4 Å². The molecule has 102 heavy (non-hydrogen) atoms. The molecule has 0 saturated carbocycles. The monoisotopic (exact) mass is 1530 g/mol. The molecule has 0 fully saturated rings. The Morgan fingerprint density at radius 1 is 0.412 bits per heavy atom. The van der Waals surface area contributed by atoms with Crippen molar-refractivity contribution in [2.24, 2.45) is 20.6 Å². The Hall–Kier alpha value is -10.9. The van der Waals surface area contributed by atoms with Crippen LogP contribution in [0.4, 0.5) is 34.3 Å². The number of nitrogens with two attached hydrogens (primary N) is 6. The van der Waals surface area contributed by atoms with E-state index in [0.29, 0.717) is 52.7 Å². The van der Waals surface area contributed by atoms with Gasteiger partial charge in [0.15, 0.2) is 0 Å². The highest BCUT2D eigenvalue weighted by Gasteiger charge is 2.17. The van der Waals surface area contributed by atoms with E-state index in [1.165, 1.54) is 97.6 Å². The normalized spacial score (nSPS) is 10.8. The maximum atomic E-state index is 11.6. The Morgan fingerprint density at radius 2 is 0.765 bits per heavy atom. The van der Waals surface area contributed by atoms with Crippen molar-refractivity contribution in [3.05, 3.63) is 292 Å². The van der Waals surface area contributed by atoms with E-state index in [1.807, 2.05) is 109 Å². The zero-order valence-electron chi connectivity index (χ0n) is 52.3. The number of ether oxygens (including phenoxy) is 2. The Bertz CT molecular complexity index is 5090. The highest BCUT2D eigenvalue weighted by Crippen LogP contribution is 2.32. The fourth-order valence-corrected chi connectivity index (χ4v) is 11.1. The Morgan fingerprint density at radius 3 is 1.16 bits per heavy atom. The average molecular weight is 1530 g/mol. The number of anilines is 4. The van der Waals surface area contributed by atoms with E-state index in [0.717, 1.165) is 45.8 Å². The van der Waals surface area contributed by atoms with Gasteiger partial charge in [-0.2, -0.15) is 0 Å². The third kappa shape index (κ3) is 28.0. The van der Waals surface area contributed by atoms with Crippen molar-refractivity contribution in [2.45, 2.75) is 45.1 Å². The summed E-state index contributed by atoms with van der Waals surface area (Å²) in [5.41, 5.74) is 16.7. The molecule has 0 radical (unpaired) electrons. The Labute approximate surface area is 597 Å². The SMILES string of the molecule is C.Clc1cc(-c2ccccc2OCc2ccccc2)ncn1.N.NS(=O)(=O)c1cccc(Nc2cc(-c3ccccc3OCc3ccccc3)ncn2)c1.NS(=O)(=O)c1cccc([N+](=O)[O-])c1.Nc1cccc(S(N)(=O)=O)c1.Nc1cccc(S(N)(=O)=O)c1.O=[N+]([O-])c1cccc(S(=O)(=O)Cl)c1. The van der Waals surface area contributed by atoms with E-state index in [1.54, 1.807) is 36.4 Å². The maximum Gasteiger partial charge on any atom is 0.270 e. The first kappa shape index (κ1) is 83.5. The van der Waals surface area contributed by atoms with Gasteiger partial charge in [-0.25, -0.2) is 82.6 Å². The van der Waals surface area contributed by atoms with Crippen molar-refractivity contribution >= 4 is 106 Å². The lowest BCUT2D eigenvalue weighted by Gasteiger charge is -2.12. The van der Waals surface area contributed by atoms with E-state index in [4.69, 9.17) is 63.8 Å². The molecule has 0 saturated heterocycles. The summed E-state index contributed by atoms with van der Waals surface area (Å²) in [6, 6.07) is 65.9. The van der Waals surface area contributed by atoms with Crippen LogP contribution in [0.2, 0.25) is 5.15 Å². The first-order valence-electron chi connectivity index (χ1n) is 28.1. The summed E-state index contributed by atoms with van der Waals surface area (Å²) >= 11 is 5.93. The summed E-state index contributed by atoms with van der Waals surface area (Å²) in [6.45, 7) is 0.949. The zero-order chi connectivity index (χ0) is 73.3. The predicted molar refractivity (Wildman–Crippen MR) is 389 cm³/mol. The second kappa shape index (κ2) is 38.6. The topological polar surface area (TPSA) is 530 Å². The van der Waals surface area contributed by atoms with Gasteiger partial charge in [0, 0.05) is 75.3 Å². The maximum absolute atomic E-state index is 11.6. The molecule has 9 aromatic carbocycles. The van der Waals surface area contributed by atoms with Gasteiger partial charge in [-0.3, -0.25) is 20.2 Å². The summed E-state index contributed by atoms with van der Waals surface area (Å²) in [6.07, 6.45) is 2.89. The number of nitro groups is 2. The molecule has 0 aliphatic heterocycles. The second-order valence-electron chi connectivity index (χ2n) is 20.0. The van der Waals surface area contributed by atoms with Gasteiger partial charge < -0.3 is 32.4 Å². The summed E-state index contributed by atoms with van der Waals surface area (Å²) in [7, 11) is -13.8. The van der Waals surface area contributed by atoms with Gasteiger partial charge in [0.05, 0.1) is 45.7 Å². The molecule has 11 rings (SSSR count). The van der Waals surface area contributed by atoms with Gasteiger partial charge >= 0.3 is 0 Å². The molecule has 11 aromatic rings. The number of sulfonamides is 4. The standard InChI is InChI=1S/C23H20N4O3S.C17H13ClN2O.C6H4ClNO4S.C6H6N2O4S.2C6H8N2O2S.CH4.H3N/c24-31(28,29)19-10-6-9-18(13-19)27-23-14-21(25-16-26-23)20-11-4-5-12-22(20)30-15-17-7-2-1-3-8-17;18-17-10-15(19-12-20-17)14-8-4-5-9-16(14)21-11-13-6-2-1-3-7-13;2*7-13(11,12)6-3-1-2-5(4-6)8(9)10;2*7-5-2-1-3-6(4-5)11(8,9)10;;/h1-14,16H,15H2,(H2,24,28,29)(H,25,26,27);1-10,12H,11H2;1-4H;1-4H,(H2,7,11,12);2*1-4H,7H2,(H2,8,9,10);1H4;1H3. The van der Waals surface area contributed by atoms with Gasteiger partial charge in [0.1, 0.15) is 48.3 Å². The number of benzene rings is 9. The fourth-order valence-electron chi connectivity index (χ4n) is 7.94. The first-order chi connectivity index (χ1) is 47.1. The van der Waals surface area contributed by atoms with Gasteiger partial charge in [0.25, 0.3) is 20.4 Å². The lowest BCUT2D eigenvalue weighted by molar-refractivity contribution is -0.385. The number of nitro benzene ring substituents is 2. The van der Waals surface area contributed by atoms with Crippen molar-refractivity contribution in [3.8, 4) is 34.0 Å². The number of halogens is 2. The van der Waals surface area contributed by atoms with Crippen LogP contribution < -0.4 is 53.0 Å². The smallest absolute Gasteiger partial charge is 0.270 e. The molecule has 0 aliphatic rings. The number of hydrogen-bond donors (Lipinski definition) is 8. The Balaban J connectivity index is 0.000000272. The number of para-hydroxylation sites is 2. The van der Waals surface area contributed by atoms with Crippen LogP contribution in [0.5, 0.6) is 11.5 Å². The average Bonchev–Trinajstić information content (AvgIpc) is 0.828. The number of rotatable bonds is 17. The number of non-ortho nitro benzene ring substituents is 2. The second-order valence-corrected chi connectivity index (χ2v) is 29.2. The van der Waals surface area contributed by atoms with Gasteiger partial charge in [-0.05, 0) is 102 Å². The third-order valence-corrected chi connectivity index (χ3v) is 17.8. The zero-order valence-corrected chi connectivity index (χ0v) is 57.9. The molecule has 2 heterocycles. The minimum absolute atomic E-state index is 0. The van der Waals surface area contributed by atoms with E-state index in [9.17, 15) is 62.3 Å². The van der Waals surface area contributed by atoms with Crippen LogP contribution in [-0.4, -0.2) is 71.9 Å². The van der Waals surface area contributed by atoms with E-state index in [2.05, 4.69) is 25.3 Å². The van der Waals surface area contributed by atoms with Crippen molar-refractivity contribution in [1.29, 1.82) is 0 Å². The molecule has 0 bridgehead atoms. The molecule has 16 N–H and O–H groups in total. The number of nitrogens with one attached hydrogen (secondary N) is 1. The predicted octanol–water partition coefficient (Wildman–Crippen LogP) is 10.9. The third-order valence-electron chi connectivity index (χ3n) is 12.6. The fraction of sp³-hybridized carbons (Fsp3) is 0.0462. The molecular formula is C65H66Cl2N14O16S5.